The number of nitrogens with zero attached hydrogens (tertiary/aromatic N) is 3. The predicted octanol–water partition coefficient (Wildman–Crippen LogP) is 3.47. The molecule has 1 N–H and O–H groups in total. The minimum absolute atomic E-state index is 0.308. The van der Waals surface area contributed by atoms with Gasteiger partial charge in [-0.3, -0.25) is 4.98 Å². The maximum absolute atomic E-state index is 13.0. The lowest BCUT2D eigenvalue weighted by atomic mass is 10.1. The molecule has 1 aromatic heterocycles. The summed E-state index contributed by atoms with van der Waals surface area (Å²) in [6, 6.07) is 5.84. The lowest BCUT2D eigenvalue weighted by Crippen LogP contribution is -2.32. The Bertz CT molecular complexity index is 607. The molecule has 0 saturated heterocycles. The van der Waals surface area contributed by atoms with Gasteiger partial charge in [0.2, 0.25) is 0 Å². The number of benzene rings is 1. The van der Waals surface area contributed by atoms with E-state index in [1.807, 2.05) is 4.90 Å². The smallest absolute Gasteiger partial charge is 0.149 e. The third kappa shape index (κ3) is 4.64. The number of anilines is 1. The van der Waals surface area contributed by atoms with E-state index in [-0.39, 0.29) is 5.82 Å². The summed E-state index contributed by atoms with van der Waals surface area (Å²) < 4.78 is 13.0. The highest BCUT2D eigenvalue weighted by Gasteiger charge is 2.17. The molecule has 0 radical (unpaired) electrons. The van der Waals surface area contributed by atoms with E-state index in [2.05, 4.69) is 23.8 Å². The van der Waals surface area contributed by atoms with Crippen LogP contribution in [0, 0.1) is 11.7 Å². The van der Waals surface area contributed by atoms with E-state index < -0.39 is 6.10 Å². The van der Waals surface area contributed by atoms with Crippen LogP contribution in [0.5, 0.6) is 0 Å². The molecule has 0 aliphatic carbocycles. The van der Waals surface area contributed by atoms with Crippen molar-refractivity contribution in [2.24, 2.45) is 5.92 Å². The van der Waals surface area contributed by atoms with Gasteiger partial charge in [-0.2, -0.15) is 0 Å². The Labute approximate surface area is 134 Å². The molecule has 0 bridgehead atoms. The molecule has 0 fully saturated rings. The molecule has 1 aromatic carbocycles. The number of aliphatic hydroxyl groups excluding tert-OH is 1. The molecule has 0 aliphatic rings. The molecule has 0 amide bonds. The molecule has 22 heavy (non-hydrogen) atoms. The molecule has 1 unspecified atom stereocenters. The monoisotopic (exact) mass is 323 g/mol. The Morgan fingerprint density at radius 3 is 2.45 bits per heavy atom. The predicted molar refractivity (Wildman–Crippen MR) is 85.5 cm³/mol. The minimum atomic E-state index is -0.750. The summed E-state index contributed by atoms with van der Waals surface area (Å²) in [7, 11) is 0. The molecule has 0 saturated carbocycles. The van der Waals surface area contributed by atoms with Gasteiger partial charge in [-0.1, -0.05) is 37.6 Å². The van der Waals surface area contributed by atoms with E-state index in [0.29, 0.717) is 35.5 Å². The number of hydrogen-bond donors (Lipinski definition) is 1. The minimum Gasteiger partial charge on any atom is -0.387 e. The van der Waals surface area contributed by atoms with Crippen molar-refractivity contribution < 1.29 is 9.50 Å². The molecule has 0 spiro atoms. The van der Waals surface area contributed by atoms with Gasteiger partial charge in [0, 0.05) is 13.1 Å². The Balaban J connectivity index is 2.17. The molecule has 1 atom stereocenters. The first-order valence-corrected chi connectivity index (χ1v) is 7.49. The Morgan fingerprint density at radius 1 is 1.18 bits per heavy atom. The largest absolute Gasteiger partial charge is 0.387 e. The highest BCUT2D eigenvalue weighted by molar-refractivity contribution is 6.29. The van der Waals surface area contributed by atoms with Crippen molar-refractivity contribution in [1.82, 2.24) is 9.97 Å². The molecule has 2 rings (SSSR count). The summed E-state index contributed by atoms with van der Waals surface area (Å²) in [6.45, 7) is 5.19. The van der Waals surface area contributed by atoms with Crippen LogP contribution in [0.2, 0.25) is 5.15 Å². The maximum Gasteiger partial charge on any atom is 0.149 e. The number of rotatable bonds is 6. The van der Waals surface area contributed by atoms with Gasteiger partial charge in [0.15, 0.2) is 0 Å². The van der Waals surface area contributed by atoms with Crippen molar-refractivity contribution in [3.8, 4) is 0 Å². The summed E-state index contributed by atoms with van der Waals surface area (Å²) in [4.78, 5) is 10.2. The fraction of sp³-hybridized carbons (Fsp3) is 0.375. The van der Waals surface area contributed by atoms with Crippen LogP contribution < -0.4 is 4.90 Å². The molecule has 1 heterocycles. The van der Waals surface area contributed by atoms with Gasteiger partial charge < -0.3 is 10.0 Å². The van der Waals surface area contributed by atoms with E-state index in [4.69, 9.17) is 11.6 Å². The standard InChI is InChI=1S/C16H19ClFN3O/c1-11(2)9-21(16-8-19-7-15(17)20-16)10-14(22)12-3-5-13(18)6-4-12/h3-8,11,14,22H,9-10H2,1-2H3. The number of hydrogen-bond acceptors (Lipinski definition) is 4. The molecule has 6 heteroatoms. The zero-order chi connectivity index (χ0) is 16.1. The zero-order valence-electron chi connectivity index (χ0n) is 12.6. The Morgan fingerprint density at radius 2 is 1.86 bits per heavy atom. The van der Waals surface area contributed by atoms with Gasteiger partial charge in [0.1, 0.15) is 16.8 Å². The van der Waals surface area contributed by atoms with Crippen LogP contribution in [-0.2, 0) is 0 Å². The van der Waals surface area contributed by atoms with Crippen LogP contribution in [0.1, 0.15) is 25.5 Å². The van der Waals surface area contributed by atoms with Crippen molar-refractivity contribution in [3.63, 3.8) is 0 Å². The number of halogens is 2. The molecular formula is C16H19ClFN3O. The molecule has 2 aromatic rings. The van der Waals surface area contributed by atoms with Crippen LogP contribution in [-0.4, -0.2) is 28.2 Å². The van der Waals surface area contributed by atoms with Crippen LogP contribution in [0.25, 0.3) is 0 Å². The average molecular weight is 324 g/mol. The summed E-state index contributed by atoms with van der Waals surface area (Å²) in [5.74, 6) is 0.666. The average Bonchev–Trinajstić information content (AvgIpc) is 2.46. The number of aliphatic hydroxyl groups is 1. The second-order valence-electron chi connectivity index (χ2n) is 5.57. The van der Waals surface area contributed by atoms with E-state index in [0.717, 1.165) is 0 Å². The number of aromatic nitrogens is 2. The van der Waals surface area contributed by atoms with Crippen molar-refractivity contribution in [2.45, 2.75) is 20.0 Å². The van der Waals surface area contributed by atoms with Gasteiger partial charge in [0.05, 0.1) is 18.5 Å². The van der Waals surface area contributed by atoms with Crippen molar-refractivity contribution >= 4 is 17.4 Å². The van der Waals surface area contributed by atoms with Crippen molar-refractivity contribution in [2.75, 3.05) is 18.0 Å². The van der Waals surface area contributed by atoms with E-state index in [1.165, 1.54) is 18.3 Å². The second-order valence-corrected chi connectivity index (χ2v) is 5.95. The van der Waals surface area contributed by atoms with Gasteiger partial charge in [-0.15, -0.1) is 0 Å². The van der Waals surface area contributed by atoms with Gasteiger partial charge in [-0.05, 0) is 23.6 Å². The van der Waals surface area contributed by atoms with Crippen LogP contribution in [0.15, 0.2) is 36.7 Å². The first kappa shape index (κ1) is 16.6. The second kappa shape index (κ2) is 7.51. The highest BCUT2D eigenvalue weighted by atomic mass is 35.5. The van der Waals surface area contributed by atoms with Gasteiger partial charge >= 0.3 is 0 Å². The topological polar surface area (TPSA) is 49.2 Å². The molecule has 4 nitrogen and oxygen atoms in total. The summed E-state index contributed by atoms with van der Waals surface area (Å²) in [6.07, 6.45) is 2.33. The lowest BCUT2D eigenvalue weighted by Gasteiger charge is -2.28. The van der Waals surface area contributed by atoms with Crippen LogP contribution in [0.4, 0.5) is 10.2 Å². The third-order valence-corrected chi connectivity index (χ3v) is 3.33. The van der Waals surface area contributed by atoms with Crippen LogP contribution in [0.3, 0.4) is 0 Å². The van der Waals surface area contributed by atoms with Crippen LogP contribution >= 0.6 is 11.6 Å². The first-order valence-electron chi connectivity index (χ1n) is 7.11. The SMILES string of the molecule is CC(C)CN(CC(O)c1ccc(F)cc1)c1cncc(Cl)n1. The molecular weight excluding hydrogens is 305 g/mol. The third-order valence-electron chi connectivity index (χ3n) is 3.15. The maximum atomic E-state index is 13.0. The highest BCUT2D eigenvalue weighted by Crippen LogP contribution is 2.20. The van der Waals surface area contributed by atoms with Gasteiger partial charge in [0.25, 0.3) is 0 Å². The van der Waals surface area contributed by atoms with Gasteiger partial charge in [-0.25, -0.2) is 9.37 Å². The van der Waals surface area contributed by atoms with E-state index >= 15 is 0 Å². The molecule has 118 valence electrons. The summed E-state index contributed by atoms with van der Waals surface area (Å²) in [5.41, 5.74) is 0.658. The quantitative estimate of drug-likeness (QED) is 0.884. The fourth-order valence-corrected chi connectivity index (χ4v) is 2.33. The zero-order valence-corrected chi connectivity index (χ0v) is 13.3. The molecule has 0 aliphatic heterocycles. The first-order chi connectivity index (χ1) is 10.5. The Kier molecular flexibility index (Phi) is 5.69. The van der Waals surface area contributed by atoms with E-state index in [1.54, 1.807) is 18.3 Å². The van der Waals surface area contributed by atoms with Crippen molar-refractivity contribution in [1.29, 1.82) is 0 Å². The fourth-order valence-electron chi connectivity index (χ4n) is 2.19. The lowest BCUT2D eigenvalue weighted by molar-refractivity contribution is 0.182. The normalized spacial score (nSPS) is 12.5. The van der Waals surface area contributed by atoms with E-state index in [9.17, 15) is 9.50 Å². The van der Waals surface area contributed by atoms with Crippen molar-refractivity contribution in [3.05, 3.63) is 53.2 Å². The summed E-state index contributed by atoms with van der Waals surface area (Å²) in [5, 5.41) is 10.7. The Hall–Kier alpha value is -1.72. The summed E-state index contributed by atoms with van der Waals surface area (Å²) >= 11 is 5.89.